The molecule has 12 nitrogen and oxygen atoms in total. The van der Waals surface area contributed by atoms with Crippen LogP contribution in [0.2, 0.25) is 0 Å². The van der Waals surface area contributed by atoms with E-state index in [-0.39, 0.29) is 43.7 Å². The largest absolute Gasteiger partial charge is 0.485 e. The van der Waals surface area contributed by atoms with E-state index in [4.69, 9.17) is 4.74 Å². The van der Waals surface area contributed by atoms with Gasteiger partial charge in [-0.3, -0.25) is 24.6 Å². The maximum absolute atomic E-state index is 11.8. The van der Waals surface area contributed by atoms with Crippen molar-refractivity contribution in [2.75, 3.05) is 45.8 Å². The molecule has 3 rings (SSSR count). The van der Waals surface area contributed by atoms with Gasteiger partial charge in [0.1, 0.15) is 18.8 Å². The number of esters is 2. The number of hydrogen-bond donors (Lipinski definition) is 1. The molecule has 0 fully saturated rings. The summed E-state index contributed by atoms with van der Waals surface area (Å²) < 4.78 is 15.0. The summed E-state index contributed by atoms with van der Waals surface area (Å²) >= 11 is 0. The molecule has 36 heavy (non-hydrogen) atoms. The van der Waals surface area contributed by atoms with Crippen molar-refractivity contribution in [1.29, 1.82) is 0 Å². The number of methoxy groups -OCH3 is 2. The summed E-state index contributed by atoms with van der Waals surface area (Å²) in [5.74, 6) is -0.633. The number of hydrogen-bond acceptors (Lipinski definition) is 11. The number of aromatic nitrogens is 2. The smallest absolute Gasteiger partial charge is 0.319 e. The van der Waals surface area contributed by atoms with Crippen molar-refractivity contribution in [3.05, 3.63) is 64.5 Å². The minimum atomic E-state index is -0.549. The van der Waals surface area contributed by atoms with Crippen LogP contribution in [-0.4, -0.2) is 72.2 Å². The van der Waals surface area contributed by atoms with Crippen LogP contribution in [0.1, 0.15) is 18.5 Å². The van der Waals surface area contributed by atoms with Gasteiger partial charge in [-0.05, 0) is 12.5 Å². The Morgan fingerprint density at radius 3 is 2.36 bits per heavy atom. The molecule has 0 aliphatic heterocycles. The van der Waals surface area contributed by atoms with Crippen LogP contribution in [0.5, 0.6) is 5.75 Å². The molecule has 190 valence electrons. The monoisotopic (exact) mass is 497 g/mol. The fraction of sp³-hybridized carbons (Fsp3) is 0.333. The van der Waals surface area contributed by atoms with E-state index < -0.39 is 16.9 Å². The maximum atomic E-state index is 11.8. The zero-order valence-electron chi connectivity index (χ0n) is 20.2. The number of carbonyl (C=O) groups is 2. The lowest BCUT2D eigenvalue weighted by atomic mass is 10.1. The van der Waals surface area contributed by atoms with Crippen molar-refractivity contribution in [3.63, 3.8) is 0 Å². The van der Waals surface area contributed by atoms with Crippen LogP contribution in [0.25, 0.3) is 10.9 Å². The summed E-state index contributed by atoms with van der Waals surface area (Å²) in [7, 11) is 2.47. The van der Waals surface area contributed by atoms with Gasteiger partial charge in [0.05, 0.1) is 37.7 Å². The highest BCUT2D eigenvalue weighted by atomic mass is 16.6. The van der Waals surface area contributed by atoms with E-state index in [1.54, 1.807) is 0 Å². The van der Waals surface area contributed by atoms with Crippen LogP contribution in [0, 0.1) is 10.1 Å². The molecule has 0 saturated heterocycles. The number of carbonyl (C=O) groups excluding carboxylic acids is 2. The van der Waals surface area contributed by atoms with Crippen LogP contribution in [0.15, 0.2) is 48.8 Å². The number of nitrogens with one attached hydrogen (secondary N) is 1. The molecule has 0 spiro atoms. The molecule has 12 heteroatoms. The molecular weight excluding hydrogens is 470 g/mol. The quantitative estimate of drug-likeness (QED) is 0.224. The SMILES string of the molecule is COC(=O)CN(CCOc1cc2ncnc(NC(C)c3ccccc3)c2cc1[N+](=O)[O-])CC(=O)OC. The number of nitrogens with zero attached hydrogens (tertiary/aromatic N) is 4. The van der Waals surface area contributed by atoms with Gasteiger partial charge in [-0.2, -0.15) is 0 Å². The normalized spacial score (nSPS) is 11.7. The van der Waals surface area contributed by atoms with Gasteiger partial charge in [-0.1, -0.05) is 30.3 Å². The van der Waals surface area contributed by atoms with Gasteiger partial charge < -0.3 is 19.5 Å². The van der Waals surface area contributed by atoms with Crippen molar-refractivity contribution in [2.45, 2.75) is 13.0 Å². The summed E-state index contributed by atoms with van der Waals surface area (Å²) in [5.41, 5.74) is 1.22. The van der Waals surface area contributed by atoms with E-state index in [0.717, 1.165) is 5.56 Å². The lowest BCUT2D eigenvalue weighted by Gasteiger charge is -2.20. The van der Waals surface area contributed by atoms with Crippen LogP contribution in [-0.2, 0) is 19.1 Å². The molecule has 2 aromatic carbocycles. The molecule has 3 aromatic rings. The predicted octanol–water partition coefficient (Wildman–Crippen LogP) is 2.74. The third-order valence-electron chi connectivity index (χ3n) is 5.39. The first-order chi connectivity index (χ1) is 17.3. The van der Waals surface area contributed by atoms with Crippen LogP contribution in [0.4, 0.5) is 11.5 Å². The molecule has 0 radical (unpaired) electrons. The summed E-state index contributed by atoms with van der Waals surface area (Å²) in [6.45, 7) is 1.70. The average molecular weight is 498 g/mol. The van der Waals surface area contributed by atoms with Gasteiger partial charge in [0.2, 0.25) is 0 Å². The van der Waals surface area contributed by atoms with Gasteiger partial charge in [0.15, 0.2) is 5.75 Å². The average Bonchev–Trinajstić information content (AvgIpc) is 2.88. The van der Waals surface area contributed by atoms with E-state index >= 15 is 0 Å². The summed E-state index contributed by atoms with van der Waals surface area (Å²) in [4.78, 5) is 44.5. The molecule has 1 aromatic heterocycles. The van der Waals surface area contributed by atoms with E-state index in [1.807, 2.05) is 37.3 Å². The van der Waals surface area contributed by atoms with Crippen LogP contribution >= 0.6 is 0 Å². The third-order valence-corrected chi connectivity index (χ3v) is 5.39. The Bertz CT molecular complexity index is 1200. The van der Waals surface area contributed by atoms with Crippen molar-refractivity contribution >= 4 is 34.3 Å². The van der Waals surface area contributed by atoms with Gasteiger partial charge in [-0.15, -0.1) is 0 Å². The predicted molar refractivity (Wildman–Crippen MR) is 131 cm³/mol. The Morgan fingerprint density at radius 2 is 1.75 bits per heavy atom. The van der Waals surface area contributed by atoms with Gasteiger partial charge in [0, 0.05) is 30.1 Å². The number of nitro groups is 1. The van der Waals surface area contributed by atoms with Gasteiger partial charge >= 0.3 is 17.6 Å². The number of nitro benzene ring substituents is 1. The number of rotatable bonds is 12. The lowest BCUT2D eigenvalue weighted by molar-refractivity contribution is -0.385. The standard InChI is InChI=1S/C24H27N5O7/c1-16(17-7-5-4-6-8-17)27-24-18-11-20(29(32)33)21(12-19(18)25-15-26-24)36-10-9-28(13-22(30)34-2)14-23(31)35-3/h4-8,11-12,15-16H,9-10,13-14H2,1-3H3,(H,25,26,27). The maximum Gasteiger partial charge on any atom is 0.319 e. The topological polar surface area (TPSA) is 146 Å². The fourth-order valence-corrected chi connectivity index (χ4v) is 3.47. The second kappa shape index (κ2) is 12.4. The van der Waals surface area contributed by atoms with Crippen molar-refractivity contribution in [1.82, 2.24) is 14.9 Å². The molecule has 0 aliphatic carbocycles. The highest BCUT2D eigenvalue weighted by molar-refractivity contribution is 5.92. The number of fused-ring (bicyclic) bond motifs is 1. The highest BCUT2D eigenvalue weighted by Crippen LogP contribution is 2.34. The minimum Gasteiger partial charge on any atom is -0.485 e. The summed E-state index contributed by atoms with van der Waals surface area (Å²) in [5, 5.41) is 15.6. The van der Waals surface area contributed by atoms with Crippen molar-refractivity contribution in [2.24, 2.45) is 0 Å². The molecular formula is C24H27N5O7. The number of anilines is 1. The van der Waals surface area contributed by atoms with Crippen LogP contribution < -0.4 is 10.1 Å². The van der Waals surface area contributed by atoms with Crippen LogP contribution in [0.3, 0.4) is 0 Å². The first-order valence-electron chi connectivity index (χ1n) is 11.1. The zero-order valence-corrected chi connectivity index (χ0v) is 20.2. The number of ether oxygens (including phenoxy) is 3. The Morgan fingerprint density at radius 1 is 1.08 bits per heavy atom. The molecule has 0 amide bonds. The van der Waals surface area contributed by atoms with Crippen molar-refractivity contribution < 1.29 is 28.7 Å². The van der Waals surface area contributed by atoms with E-state index in [1.165, 1.54) is 37.6 Å². The number of benzene rings is 2. The molecule has 1 unspecified atom stereocenters. The Hall–Kier alpha value is -4.32. The van der Waals surface area contributed by atoms with E-state index in [2.05, 4.69) is 24.8 Å². The highest BCUT2D eigenvalue weighted by Gasteiger charge is 2.21. The molecule has 0 aliphatic rings. The molecule has 1 N–H and O–H groups in total. The van der Waals surface area contributed by atoms with Crippen molar-refractivity contribution in [3.8, 4) is 5.75 Å². The first-order valence-corrected chi connectivity index (χ1v) is 11.1. The molecule has 0 bridgehead atoms. The lowest BCUT2D eigenvalue weighted by Crippen LogP contribution is -2.38. The zero-order chi connectivity index (χ0) is 26.1. The molecule has 1 atom stereocenters. The Labute approximate surface area is 207 Å². The minimum absolute atomic E-state index is 0.00402. The van der Waals surface area contributed by atoms with E-state index in [9.17, 15) is 19.7 Å². The van der Waals surface area contributed by atoms with E-state index in [0.29, 0.717) is 16.7 Å². The second-order valence-electron chi connectivity index (χ2n) is 7.80. The molecule has 0 saturated carbocycles. The Balaban J connectivity index is 1.81. The van der Waals surface area contributed by atoms with Gasteiger partial charge in [0.25, 0.3) is 0 Å². The van der Waals surface area contributed by atoms with Gasteiger partial charge in [-0.25, -0.2) is 9.97 Å². The first kappa shape index (κ1) is 26.3. The fourth-order valence-electron chi connectivity index (χ4n) is 3.47. The second-order valence-corrected chi connectivity index (χ2v) is 7.80. The summed E-state index contributed by atoms with van der Waals surface area (Å²) in [6.07, 6.45) is 1.37. The Kier molecular flexibility index (Phi) is 9.06. The molecule has 1 heterocycles. The third kappa shape index (κ3) is 6.85. The summed E-state index contributed by atoms with van der Waals surface area (Å²) in [6, 6.07) is 12.5.